The van der Waals surface area contributed by atoms with Crippen LogP contribution in [0.2, 0.25) is 0 Å². The largest absolute Gasteiger partial charge is 0.384 e. The van der Waals surface area contributed by atoms with E-state index in [4.69, 9.17) is 4.74 Å². The van der Waals surface area contributed by atoms with Crippen molar-refractivity contribution in [2.24, 2.45) is 0 Å². The minimum atomic E-state index is -0.564. The third-order valence-electron chi connectivity index (χ3n) is 3.74. The lowest BCUT2D eigenvalue weighted by Gasteiger charge is -2.14. The van der Waals surface area contributed by atoms with Gasteiger partial charge in [0.05, 0.1) is 6.61 Å². The minimum Gasteiger partial charge on any atom is -0.384 e. The third kappa shape index (κ3) is 3.47. The zero-order valence-corrected chi connectivity index (χ0v) is 12.4. The summed E-state index contributed by atoms with van der Waals surface area (Å²) in [7, 11) is 1.71. The quantitative estimate of drug-likeness (QED) is 0.900. The van der Waals surface area contributed by atoms with E-state index < -0.39 is 6.10 Å². The fourth-order valence-electron chi connectivity index (χ4n) is 2.21. The lowest BCUT2D eigenvalue weighted by Crippen LogP contribution is -2.01. The van der Waals surface area contributed by atoms with E-state index in [-0.39, 0.29) is 0 Å². The summed E-state index contributed by atoms with van der Waals surface area (Å²) in [5, 5.41) is 10.4. The maximum absolute atomic E-state index is 10.4. The summed E-state index contributed by atoms with van der Waals surface area (Å²) in [5.41, 5.74) is 5.55. The topological polar surface area (TPSA) is 29.5 Å². The number of aryl methyl sites for hydroxylation is 2. The first kappa shape index (κ1) is 14.8. The van der Waals surface area contributed by atoms with Crippen LogP contribution in [0.25, 0.3) is 0 Å². The number of hydrogen-bond donors (Lipinski definition) is 1. The first-order valence-corrected chi connectivity index (χ1v) is 6.95. The molecule has 1 unspecified atom stereocenters. The highest BCUT2D eigenvalue weighted by atomic mass is 16.5. The molecule has 0 bridgehead atoms. The molecule has 0 fully saturated rings. The maximum Gasteiger partial charge on any atom is 0.104 e. The van der Waals surface area contributed by atoms with Crippen LogP contribution < -0.4 is 0 Å². The molecule has 0 aliphatic rings. The first-order valence-electron chi connectivity index (χ1n) is 6.95. The van der Waals surface area contributed by atoms with Gasteiger partial charge in [-0.3, -0.25) is 0 Å². The van der Waals surface area contributed by atoms with Crippen LogP contribution in [0.4, 0.5) is 0 Å². The number of hydrogen-bond acceptors (Lipinski definition) is 2. The van der Waals surface area contributed by atoms with Crippen molar-refractivity contribution in [2.75, 3.05) is 13.7 Å². The zero-order chi connectivity index (χ0) is 14.5. The Bertz CT molecular complexity index is 558. The molecule has 0 saturated carbocycles. The van der Waals surface area contributed by atoms with Crippen molar-refractivity contribution < 1.29 is 9.84 Å². The van der Waals surface area contributed by atoms with Crippen LogP contribution in [-0.2, 0) is 11.2 Å². The SMILES string of the molecule is COCCc1ccc(C(O)c2ccc(C)c(C)c2)cc1. The van der Waals surface area contributed by atoms with Gasteiger partial charge >= 0.3 is 0 Å². The second-order valence-corrected chi connectivity index (χ2v) is 5.23. The predicted octanol–water partition coefficient (Wildman–Crippen LogP) is 3.57. The third-order valence-corrected chi connectivity index (χ3v) is 3.74. The molecule has 0 spiro atoms. The first-order chi connectivity index (χ1) is 9.61. The number of ether oxygens (including phenoxy) is 1. The highest BCUT2D eigenvalue weighted by Crippen LogP contribution is 2.24. The summed E-state index contributed by atoms with van der Waals surface area (Å²) in [6.07, 6.45) is 0.335. The van der Waals surface area contributed by atoms with Crippen molar-refractivity contribution in [2.45, 2.75) is 26.4 Å². The van der Waals surface area contributed by atoms with Crippen LogP contribution in [0, 0.1) is 13.8 Å². The Balaban J connectivity index is 2.15. The minimum absolute atomic E-state index is 0.564. The molecule has 2 aromatic rings. The molecule has 2 aromatic carbocycles. The van der Waals surface area contributed by atoms with Crippen LogP contribution in [0.1, 0.15) is 33.9 Å². The Morgan fingerprint density at radius 3 is 2.20 bits per heavy atom. The van der Waals surface area contributed by atoms with Gasteiger partial charge in [0.25, 0.3) is 0 Å². The highest BCUT2D eigenvalue weighted by molar-refractivity contribution is 5.36. The number of aliphatic hydroxyl groups is 1. The molecule has 0 saturated heterocycles. The van der Waals surface area contributed by atoms with E-state index in [1.807, 2.05) is 18.2 Å². The summed E-state index contributed by atoms with van der Waals surface area (Å²) >= 11 is 0. The van der Waals surface area contributed by atoms with E-state index in [9.17, 15) is 5.11 Å². The number of aliphatic hydroxyl groups excluding tert-OH is 1. The summed E-state index contributed by atoms with van der Waals surface area (Å²) in [6.45, 7) is 4.87. The van der Waals surface area contributed by atoms with Crippen LogP contribution in [0.5, 0.6) is 0 Å². The fourth-order valence-corrected chi connectivity index (χ4v) is 2.21. The average molecular weight is 270 g/mol. The molecule has 2 nitrogen and oxygen atoms in total. The lowest BCUT2D eigenvalue weighted by atomic mass is 9.97. The van der Waals surface area contributed by atoms with E-state index in [0.717, 1.165) is 24.2 Å². The van der Waals surface area contributed by atoms with E-state index in [2.05, 4.69) is 38.1 Å². The molecular weight excluding hydrogens is 248 g/mol. The van der Waals surface area contributed by atoms with Gasteiger partial charge in [-0.2, -0.15) is 0 Å². The van der Waals surface area contributed by atoms with Gasteiger partial charge < -0.3 is 9.84 Å². The van der Waals surface area contributed by atoms with E-state index >= 15 is 0 Å². The van der Waals surface area contributed by atoms with E-state index in [0.29, 0.717) is 0 Å². The summed E-state index contributed by atoms with van der Waals surface area (Å²) in [4.78, 5) is 0. The van der Waals surface area contributed by atoms with Crippen molar-refractivity contribution >= 4 is 0 Å². The van der Waals surface area contributed by atoms with Crippen LogP contribution >= 0.6 is 0 Å². The van der Waals surface area contributed by atoms with Gasteiger partial charge in [-0.1, -0.05) is 42.5 Å². The lowest BCUT2D eigenvalue weighted by molar-refractivity contribution is 0.202. The van der Waals surface area contributed by atoms with Gasteiger partial charge in [0.15, 0.2) is 0 Å². The average Bonchev–Trinajstić information content (AvgIpc) is 2.48. The molecule has 0 amide bonds. The second-order valence-electron chi connectivity index (χ2n) is 5.23. The summed E-state index contributed by atoms with van der Waals surface area (Å²) < 4.78 is 5.07. The van der Waals surface area contributed by atoms with Crippen LogP contribution in [-0.4, -0.2) is 18.8 Å². The van der Waals surface area contributed by atoms with Crippen LogP contribution in [0.15, 0.2) is 42.5 Å². The monoisotopic (exact) mass is 270 g/mol. The van der Waals surface area contributed by atoms with Gasteiger partial charge in [0.1, 0.15) is 6.10 Å². The number of methoxy groups -OCH3 is 1. The van der Waals surface area contributed by atoms with Crippen molar-refractivity contribution in [3.05, 3.63) is 70.3 Å². The Labute approximate surface area is 121 Å². The van der Waals surface area contributed by atoms with Gasteiger partial charge in [-0.05, 0) is 48.1 Å². The van der Waals surface area contributed by atoms with Gasteiger partial charge in [0, 0.05) is 7.11 Å². The molecule has 1 atom stereocenters. The van der Waals surface area contributed by atoms with Gasteiger partial charge in [0.2, 0.25) is 0 Å². The molecule has 0 aliphatic carbocycles. The van der Waals surface area contributed by atoms with Crippen molar-refractivity contribution in [1.82, 2.24) is 0 Å². The Morgan fingerprint density at radius 1 is 0.950 bits per heavy atom. The molecular formula is C18H22O2. The molecule has 2 rings (SSSR count). The standard InChI is InChI=1S/C18H22O2/c1-13-4-7-17(12-14(13)2)18(19)16-8-5-15(6-9-16)10-11-20-3/h4-9,12,18-19H,10-11H2,1-3H3. The zero-order valence-electron chi connectivity index (χ0n) is 12.4. The fraction of sp³-hybridized carbons (Fsp3) is 0.333. The molecule has 0 aromatic heterocycles. The Kier molecular flexibility index (Phi) is 4.94. The van der Waals surface area contributed by atoms with E-state index in [1.54, 1.807) is 7.11 Å². The molecule has 1 N–H and O–H groups in total. The van der Waals surface area contributed by atoms with Crippen molar-refractivity contribution in [3.8, 4) is 0 Å². The smallest absolute Gasteiger partial charge is 0.104 e. The maximum atomic E-state index is 10.4. The molecule has 2 heteroatoms. The number of benzene rings is 2. The highest BCUT2D eigenvalue weighted by Gasteiger charge is 2.11. The van der Waals surface area contributed by atoms with E-state index in [1.165, 1.54) is 16.7 Å². The molecule has 106 valence electrons. The van der Waals surface area contributed by atoms with Crippen molar-refractivity contribution in [1.29, 1.82) is 0 Å². The normalized spacial score (nSPS) is 12.4. The van der Waals surface area contributed by atoms with Gasteiger partial charge in [-0.15, -0.1) is 0 Å². The summed E-state index contributed by atoms with van der Waals surface area (Å²) in [5.74, 6) is 0. The molecule has 0 radical (unpaired) electrons. The van der Waals surface area contributed by atoms with Gasteiger partial charge in [-0.25, -0.2) is 0 Å². The van der Waals surface area contributed by atoms with Crippen molar-refractivity contribution in [3.63, 3.8) is 0 Å². The summed E-state index contributed by atoms with van der Waals surface area (Å²) in [6, 6.07) is 14.2. The molecule has 0 aliphatic heterocycles. The molecule has 0 heterocycles. The Morgan fingerprint density at radius 2 is 1.60 bits per heavy atom. The predicted molar refractivity (Wildman–Crippen MR) is 82.0 cm³/mol. The Hall–Kier alpha value is -1.64. The number of rotatable bonds is 5. The van der Waals surface area contributed by atoms with Crippen LogP contribution in [0.3, 0.4) is 0 Å². The second kappa shape index (κ2) is 6.69. The molecule has 20 heavy (non-hydrogen) atoms.